The van der Waals surface area contributed by atoms with Crippen LogP contribution in [0.1, 0.15) is 85.3 Å². The van der Waals surface area contributed by atoms with E-state index in [1.807, 2.05) is 58.0 Å². The van der Waals surface area contributed by atoms with E-state index in [1.54, 1.807) is 6.20 Å². The number of hydrogen-bond acceptors (Lipinski definition) is 4. The van der Waals surface area contributed by atoms with E-state index >= 15 is 0 Å². The van der Waals surface area contributed by atoms with Gasteiger partial charge in [-0.2, -0.15) is 5.26 Å². The van der Waals surface area contributed by atoms with Crippen LogP contribution in [0.3, 0.4) is 0 Å². The third kappa shape index (κ3) is 9.87. The second-order valence-electron chi connectivity index (χ2n) is 13.6. The SMILES string of the molecule is CC(C)(C)c1cc(-c2cc(-c3ccc(-c4ccccc4)cc3)c(C#N)cn2)[c-]c2ccccc12.CCC(CC)C(=O)/C=C(\O)C(CC)CC.[Ir]. The molecule has 1 heterocycles. The van der Waals surface area contributed by atoms with Gasteiger partial charge >= 0.3 is 0 Å². The molecule has 0 saturated carbocycles. The maximum atomic E-state index is 11.7. The van der Waals surface area contributed by atoms with Crippen molar-refractivity contribution in [2.45, 2.75) is 79.6 Å². The summed E-state index contributed by atoms with van der Waals surface area (Å²) >= 11 is 0. The summed E-state index contributed by atoms with van der Waals surface area (Å²) in [5, 5.41) is 21.8. The molecule has 0 aliphatic rings. The Labute approximate surface area is 312 Å². The zero-order valence-corrected chi connectivity index (χ0v) is 32.8. The van der Waals surface area contributed by atoms with Crippen molar-refractivity contribution in [2.24, 2.45) is 11.8 Å². The van der Waals surface area contributed by atoms with Crippen molar-refractivity contribution >= 4 is 16.6 Å². The number of rotatable bonds is 10. The Bertz CT molecular complexity index is 1930. The van der Waals surface area contributed by atoms with E-state index in [2.05, 4.69) is 98.6 Å². The molecule has 0 unspecified atom stereocenters. The smallest absolute Gasteiger partial charge is 0.162 e. The Kier molecular flexibility index (Phi) is 14.9. The number of benzene rings is 4. The maximum Gasteiger partial charge on any atom is 0.162 e. The van der Waals surface area contributed by atoms with E-state index in [0.717, 1.165) is 59.0 Å². The number of carbonyl (C=O) groups is 1. The number of hydrogen-bond donors (Lipinski definition) is 1. The summed E-state index contributed by atoms with van der Waals surface area (Å²) in [6.07, 6.45) is 6.58. The molecule has 0 saturated heterocycles. The first kappa shape index (κ1) is 40.1. The van der Waals surface area contributed by atoms with Gasteiger partial charge in [-0.25, -0.2) is 0 Å². The second kappa shape index (κ2) is 18.6. The predicted molar refractivity (Wildman–Crippen MR) is 204 cm³/mol. The monoisotopic (exact) mass is 842 g/mol. The quantitative estimate of drug-likeness (QED) is 0.0863. The average Bonchev–Trinajstić information content (AvgIpc) is 3.12. The standard InChI is InChI=1S/C32H25N2.C13H24O2.Ir/c1-32(2,3)30-18-26(17-25-11-7-8-12-28(25)30)31-19-29(27(20-33)21-34-31)24-15-13-23(14-16-24)22-9-5-4-6-10-22;1-5-10(6-2)12(14)9-13(15)11(7-3)8-4;/h4-16,18-19,21H,1-3H3;9-11,14H,5-8H2,1-4H3;/q-1;;/b;12-9-;. The molecule has 4 nitrogen and oxygen atoms in total. The van der Waals surface area contributed by atoms with Gasteiger partial charge in [0.05, 0.1) is 11.3 Å². The summed E-state index contributed by atoms with van der Waals surface area (Å²) in [5.74, 6) is 0.547. The third-order valence-electron chi connectivity index (χ3n) is 9.27. The maximum absolute atomic E-state index is 11.7. The van der Waals surface area contributed by atoms with Gasteiger partial charge in [-0.1, -0.05) is 138 Å². The Morgan fingerprint density at radius 2 is 1.38 bits per heavy atom. The molecule has 1 N–H and O–H groups in total. The van der Waals surface area contributed by atoms with Gasteiger partial charge in [0.2, 0.25) is 0 Å². The van der Waals surface area contributed by atoms with Crippen molar-refractivity contribution in [3.05, 3.63) is 126 Å². The summed E-state index contributed by atoms with van der Waals surface area (Å²) in [4.78, 5) is 16.4. The van der Waals surface area contributed by atoms with Crippen LogP contribution in [0.4, 0.5) is 0 Å². The van der Waals surface area contributed by atoms with E-state index < -0.39 is 0 Å². The second-order valence-corrected chi connectivity index (χ2v) is 13.6. The van der Waals surface area contributed by atoms with Gasteiger partial charge in [-0.15, -0.1) is 29.1 Å². The molecular weight excluding hydrogens is 793 g/mol. The van der Waals surface area contributed by atoms with Crippen molar-refractivity contribution in [1.29, 1.82) is 5.26 Å². The van der Waals surface area contributed by atoms with Crippen LogP contribution >= 0.6 is 0 Å². The molecule has 0 spiro atoms. The Hall–Kier alpha value is -4.36. The number of nitrogens with zero attached hydrogens (tertiary/aromatic N) is 2. The first-order chi connectivity index (χ1) is 23.5. The summed E-state index contributed by atoms with van der Waals surface area (Å²) < 4.78 is 0. The molecule has 5 heteroatoms. The van der Waals surface area contributed by atoms with Crippen LogP contribution in [0.25, 0.3) is 44.3 Å². The number of aliphatic hydroxyl groups excluding tert-OH is 1. The number of aromatic nitrogens is 1. The van der Waals surface area contributed by atoms with Crippen LogP contribution in [0.2, 0.25) is 0 Å². The first-order valence-electron chi connectivity index (χ1n) is 17.5. The molecule has 261 valence electrons. The summed E-state index contributed by atoms with van der Waals surface area (Å²) in [6, 6.07) is 37.1. The van der Waals surface area contributed by atoms with Crippen molar-refractivity contribution in [3.8, 4) is 39.6 Å². The molecular formula is C45H49IrN2O2-. The fourth-order valence-electron chi connectivity index (χ4n) is 6.17. The fourth-order valence-corrected chi connectivity index (χ4v) is 6.17. The molecule has 1 aromatic heterocycles. The molecule has 4 aromatic carbocycles. The zero-order valence-electron chi connectivity index (χ0n) is 30.4. The number of fused-ring (bicyclic) bond motifs is 1. The fraction of sp³-hybridized carbons (Fsp3) is 0.311. The van der Waals surface area contributed by atoms with E-state index in [9.17, 15) is 15.2 Å². The molecule has 0 aliphatic heterocycles. The number of pyridine rings is 1. The van der Waals surface area contributed by atoms with Crippen LogP contribution in [0.5, 0.6) is 0 Å². The van der Waals surface area contributed by atoms with Crippen molar-refractivity contribution in [2.75, 3.05) is 0 Å². The zero-order chi connectivity index (χ0) is 35.6. The first-order valence-corrected chi connectivity index (χ1v) is 17.5. The van der Waals surface area contributed by atoms with Crippen LogP contribution in [0.15, 0.2) is 109 Å². The summed E-state index contributed by atoms with van der Waals surface area (Å²) in [5.41, 5.74) is 7.76. The largest absolute Gasteiger partial charge is 0.512 e. The summed E-state index contributed by atoms with van der Waals surface area (Å²) in [7, 11) is 0. The molecule has 1 radical (unpaired) electrons. The number of nitriles is 1. The predicted octanol–water partition coefficient (Wildman–Crippen LogP) is 12.1. The molecule has 0 atom stereocenters. The molecule has 5 rings (SSSR count). The van der Waals surface area contributed by atoms with Gasteiger partial charge < -0.3 is 5.11 Å². The normalized spacial score (nSPS) is 11.5. The number of carbonyl (C=O) groups excluding carboxylic acids is 1. The Balaban J connectivity index is 0.000000361. The van der Waals surface area contributed by atoms with Gasteiger partial charge in [-0.3, -0.25) is 9.78 Å². The van der Waals surface area contributed by atoms with Gasteiger partial charge in [0.15, 0.2) is 5.78 Å². The molecule has 0 amide bonds. The van der Waals surface area contributed by atoms with E-state index in [4.69, 9.17) is 0 Å². The number of allylic oxidation sites excluding steroid dienone is 2. The van der Waals surface area contributed by atoms with Crippen molar-refractivity contribution < 1.29 is 30.0 Å². The Morgan fingerprint density at radius 3 is 1.96 bits per heavy atom. The van der Waals surface area contributed by atoms with Gasteiger partial charge in [-0.05, 0) is 53.4 Å². The van der Waals surface area contributed by atoms with E-state index in [-0.39, 0.29) is 48.9 Å². The van der Waals surface area contributed by atoms with Crippen LogP contribution < -0.4 is 0 Å². The van der Waals surface area contributed by atoms with Gasteiger partial charge in [0.25, 0.3) is 0 Å². The van der Waals surface area contributed by atoms with Gasteiger partial charge in [0, 0.05) is 49.9 Å². The molecule has 50 heavy (non-hydrogen) atoms. The van der Waals surface area contributed by atoms with Gasteiger partial charge in [0.1, 0.15) is 6.07 Å². The Morgan fingerprint density at radius 1 is 0.820 bits per heavy atom. The van der Waals surface area contributed by atoms with E-state index in [0.29, 0.717) is 5.56 Å². The van der Waals surface area contributed by atoms with Crippen molar-refractivity contribution in [3.63, 3.8) is 0 Å². The average molecular weight is 842 g/mol. The summed E-state index contributed by atoms with van der Waals surface area (Å²) in [6.45, 7) is 14.8. The number of ketones is 1. The topological polar surface area (TPSA) is 74.0 Å². The number of aliphatic hydroxyl groups is 1. The van der Waals surface area contributed by atoms with Crippen molar-refractivity contribution in [1.82, 2.24) is 4.98 Å². The molecule has 0 fully saturated rings. The molecule has 0 aliphatic carbocycles. The van der Waals surface area contributed by atoms with E-state index in [1.165, 1.54) is 22.6 Å². The van der Waals surface area contributed by atoms with Crippen LogP contribution in [-0.4, -0.2) is 15.9 Å². The minimum absolute atomic E-state index is 0. The van der Waals surface area contributed by atoms with Crippen LogP contribution in [-0.2, 0) is 30.3 Å². The van der Waals surface area contributed by atoms with Crippen LogP contribution in [0, 0.1) is 29.2 Å². The molecule has 0 bridgehead atoms. The third-order valence-corrected chi connectivity index (χ3v) is 9.27. The minimum atomic E-state index is -0.0217. The minimum Gasteiger partial charge on any atom is -0.512 e. The molecule has 5 aromatic rings.